The maximum Gasteiger partial charge on any atom is 0.153 e. The summed E-state index contributed by atoms with van der Waals surface area (Å²) in [5, 5.41) is 4.59. The van der Waals surface area contributed by atoms with E-state index in [1.54, 1.807) is 11.8 Å². The normalized spacial score (nSPS) is 17.6. The highest BCUT2D eigenvalue weighted by atomic mass is 32.2. The van der Waals surface area contributed by atoms with Crippen molar-refractivity contribution in [1.29, 1.82) is 0 Å². The maximum absolute atomic E-state index is 5.82. The van der Waals surface area contributed by atoms with Gasteiger partial charge in [-0.3, -0.25) is 0 Å². The van der Waals surface area contributed by atoms with E-state index in [-0.39, 0.29) is 0 Å². The van der Waals surface area contributed by atoms with Crippen LogP contribution in [0.15, 0.2) is 4.90 Å². The van der Waals surface area contributed by atoms with E-state index in [2.05, 4.69) is 14.6 Å². The molecule has 3 N–H and O–H groups in total. The van der Waals surface area contributed by atoms with Crippen LogP contribution in [0.4, 0.5) is 10.8 Å². The first-order chi connectivity index (χ1) is 8.81. The van der Waals surface area contributed by atoms with Crippen LogP contribution in [0, 0.1) is 0 Å². The Morgan fingerprint density at radius 1 is 1.33 bits per heavy atom. The second kappa shape index (κ2) is 7.21. The number of nitrogen functional groups attached to an aromatic ring is 1. The zero-order chi connectivity index (χ0) is 12.8. The highest BCUT2D eigenvalue weighted by molar-refractivity contribution is 7.99. The third-order valence-corrected chi connectivity index (χ3v) is 5.06. The molecule has 2 rings (SSSR count). The van der Waals surface area contributed by atoms with Crippen LogP contribution in [0.2, 0.25) is 0 Å². The fourth-order valence-electron chi connectivity index (χ4n) is 2.29. The Balaban J connectivity index is 1.77. The van der Waals surface area contributed by atoms with E-state index in [1.165, 1.54) is 50.3 Å². The first kappa shape index (κ1) is 14.0. The summed E-state index contributed by atoms with van der Waals surface area (Å²) < 4.78 is 4.19. The fourth-order valence-corrected chi connectivity index (χ4v) is 3.86. The summed E-state index contributed by atoms with van der Waals surface area (Å²) in [4.78, 5) is 3.65. The molecule has 1 fully saturated rings. The van der Waals surface area contributed by atoms with Crippen molar-refractivity contribution < 1.29 is 0 Å². The average molecular weight is 286 g/mol. The number of hydrogen-bond acceptors (Lipinski definition) is 6. The van der Waals surface area contributed by atoms with E-state index < -0.39 is 0 Å². The highest BCUT2D eigenvalue weighted by Crippen LogP contribution is 2.34. The van der Waals surface area contributed by atoms with E-state index >= 15 is 0 Å². The lowest BCUT2D eigenvalue weighted by Crippen LogP contribution is -2.29. The summed E-state index contributed by atoms with van der Waals surface area (Å²) in [7, 11) is 0. The molecule has 1 aliphatic heterocycles. The smallest absolute Gasteiger partial charge is 0.153 e. The molecule has 0 radical (unpaired) electrons. The van der Waals surface area contributed by atoms with Crippen molar-refractivity contribution in [2.45, 2.75) is 30.6 Å². The Morgan fingerprint density at radius 3 is 2.72 bits per heavy atom. The largest absolute Gasteiger partial charge is 0.382 e. The molecule has 1 aromatic heterocycles. The summed E-state index contributed by atoms with van der Waals surface area (Å²) in [6, 6.07) is 0. The van der Waals surface area contributed by atoms with Crippen LogP contribution in [0.3, 0.4) is 0 Å². The number of nitrogens with zero attached hydrogens (tertiary/aromatic N) is 2. The number of rotatable bonds is 5. The molecule has 6 heteroatoms. The molecule has 0 spiro atoms. The Bertz CT molecular complexity index is 359. The van der Waals surface area contributed by atoms with E-state index in [0.29, 0.717) is 5.82 Å². The molecule has 4 nitrogen and oxygen atoms in total. The first-order valence-corrected chi connectivity index (χ1v) is 8.56. The number of likely N-dealkylation sites (tertiary alicyclic amines) is 1. The SMILES string of the molecule is CSc1c(N)nsc1NCCN1CCCCCC1. The molecular formula is C12H22N4S2. The Hall–Kier alpha value is -0.460. The molecule has 0 bridgehead atoms. The van der Waals surface area contributed by atoms with Gasteiger partial charge in [0.05, 0.1) is 4.90 Å². The van der Waals surface area contributed by atoms with Crippen molar-refractivity contribution >= 4 is 34.1 Å². The monoisotopic (exact) mass is 286 g/mol. The topological polar surface area (TPSA) is 54.2 Å². The van der Waals surface area contributed by atoms with Gasteiger partial charge in [-0.05, 0) is 43.7 Å². The van der Waals surface area contributed by atoms with E-state index in [0.717, 1.165) is 23.0 Å². The lowest BCUT2D eigenvalue weighted by Gasteiger charge is -2.19. The number of anilines is 2. The second-order valence-corrected chi connectivity index (χ2v) is 6.20. The van der Waals surface area contributed by atoms with Crippen LogP contribution in [0.1, 0.15) is 25.7 Å². The number of aromatic nitrogens is 1. The van der Waals surface area contributed by atoms with Crippen molar-refractivity contribution in [3.63, 3.8) is 0 Å². The Morgan fingerprint density at radius 2 is 2.06 bits per heavy atom. The zero-order valence-corrected chi connectivity index (χ0v) is 12.6. The van der Waals surface area contributed by atoms with Crippen LogP contribution in [-0.4, -0.2) is 41.7 Å². The van der Waals surface area contributed by atoms with Gasteiger partial charge in [0.2, 0.25) is 0 Å². The van der Waals surface area contributed by atoms with Crippen molar-refractivity contribution in [2.75, 3.05) is 43.5 Å². The molecule has 2 heterocycles. The molecular weight excluding hydrogens is 264 g/mol. The molecule has 1 aliphatic rings. The van der Waals surface area contributed by atoms with Crippen molar-refractivity contribution in [2.24, 2.45) is 0 Å². The lowest BCUT2D eigenvalue weighted by atomic mass is 10.2. The van der Waals surface area contributed by atoms with Gasteiger partial charge in [0.25, 0.3) is 0 Å². The molecule has 1 aromatic rings. The van der Waals surface area contributed by atoms with Crippen LogP contribution >= 0.6 is 23.3 Å². The second-order valence-electron chi connectivity index (χ2n) is 4.61. The zero-order valence-electron chi connectivity index (χ0n) is 10.9. The third-order valence-electron chi connectivity index (χ3n) is 3.29. The summed E-state index contributed by atoms with van der Waals surface area (Å²) in [5.74, 6) is 0.657. The Kier molecular flexibility index (Phi) is 5.59. The molecule has 102 valence electrons. The summed E-state index contributed by atoms with van der Waals surface area (Å²) >= 11 is 3.13. The van der Waals surface area contributed by atoms with E-state index in [1.807, 2.05) is 6.26 Å². The van der Waals surface area contributed by atoms with Gasteiger partial charge in [0.15, 0.2) is 5.82 Å². The van der Waals surface area contributed by atoms with Gasteiger partial charge in [-0.1, -0.05) is 12.8 Å². The fraction of sp³-hybridized carbons (Fsp3) is 0.750. The van der Waals surface area contributed by atoms with Crippen molar-refractivity contribution in [1.82, 2.24) is 9.27 Å². The lowest BCUT2D eigenvalue weighted by molar-refractivity contribution is 0.296. The van der Waals surface area contributed by atoms with Crippen LogP contribution in [0.25, 0.3) is 0 Å². The van der Waals surface area contributed by atoms with Crippen molar-refractivity contribution in [3.05, 3.63) is 0 Å². The summed E-state index contributed by atoms with van der Waals surface area (Å²) in [6.07, 6.45) is 7.53. The van der Waals surface area contributed by atoms with Gasteiger partial charge >= 0.3 is 0 Å². The van der Waals surface area contributed by atoms with Gasteiger partial charge in [-0.25, -0.2) is 0 Å². The quantitative estimate of drug-likeness (QED) is 0.815. The van der Waals surface area contributed by atoms with Gasteiger partial charge in [0.1, 0.15) is 5.00 Å². The molecule has 0 unspecified atom stereocenters. The number of thioether (sulfide) groups is 1. The molecule has 0 aromatic carbocycles. The van der Waals surface area contributed by atoms with Gasteiger partial charge in [0, 0.05) is 13.1 Å². The molecule has 1 saturated heterocycles. The minimum Gasteiger partial charge on any atom is -0.382 e. The molecule has 18 heavy (non-hydrogen) atoms. The van der Waals surface area contributed by atoms with Gasteiger partial charge in [-0.15, -0.1) is 11.8 Å². The first-order valence-electron chi connectivity index (χ1n) is 6.56. The summed E-state index contributed by atoms with van der Waals surface area (Å²) in [5.41, 5.74) is 5.82. The number of nitrogens with two attached hydrogens (primary N) is 1. The summed E-state index contributed by atoms with van der Waals surface area (Å²) in [6.45, 7) is 4.60. The number of hydrogen-bond donors (Lipinski definition) is 2. The Labute approximate surface area is 117 Å². The van der Waals surface area contributed by atoms with Crippen LogP contribution in [0.5, 0.6) is 0 Å². The third kappa shape index (κ3) is 3.76. The van der Waals surface area contributed by atoms with Gasteiger partial charge in [-0.2, -0.15) is 4.37 Å². The predicted molar refractivity (Wildman–Crippen MR) is 81.7 cm³/mol. The van der Waals surface area contributed by atoms with E-state index in [4.69, 9.17) is 5.73 Å². The average Bonchev–Trinajstić information content (AvgIpc) is 2.58. The molecule has 0 atom stereocenters. The molecule has 0 amide bonds. The minimum absolute atomic E-state index is 0.657. The highest BCUT2D eigenvalue weighted by Gasteiger charge is 2.11. The predicted octanol–water partition coefficient (Wildman–Crippen LogP) is 2.74. The van der Waals surface area contributed by atoms with Crippen LogP contribution < -0.4 is 11.1 Å². The van der Waals surface area contributed by atoms with E-state index in [9.17, 15) is 0 Å². The molecule has 0 saturated carbocycles. The minimum atomic E-state index is 0.657. The standard InChI is InChI=1S/C12H22N4S2/c1-17-10-11(13)15-18-12(10)14-6-9-16-7-4-2-3-5-8-16/h14H,2-9H2,1H3,(H2,13,15). The van der Waals surface area contributed by atoms with Crippen molar-refractivity contribution in [3.8, 4) is 0 Å². The molecule has 0 aliphatic carbocycles. The maximum atomic E-state index is 5.82. The van der Waals surface area contributed by atoms with Gasteiger partial charge < -0.3 is 16.0 Å². The number of nitrogens with one attached hydrogen (secondary N) is 1. The van der Waals surface area contributed by atoms with Crippen LogP contribution in [-0.2, 0) is 0 Å².